The van der Waals surface area contributed by atoms with E-state index in [-0.39, 0.29) is 11.8 Å². The van der Waals surface area contributed by atoms with Crippen LogP contribution < -0.4 is 10.6 Å². The van der Waals surface area contributed by atoms with Gasteiger partial charge in [-0.05, 0) is 25.0 Å². The largest absolute Gasteiger partial charge is 0.379 e. The first-order valence-corrected chi connectivity index (χ1v) is 7.30. The summed E-state index contributed by atoms with van der Waals surface area (Å²) in [5.74, 6) is -0.355. The summed E-state index contributed by atoms with van der Waals surface area (Å²) in [5.41, 5.74) is 1.93. The molecular weight excluding hydrogens is 286 g/mol. The van der Waals surface area contributed by atoms with Crippen LogP contribution in [0.4, 0.5) is 5.69 Å². The number of nitrogens with zero attached hydrogens (tertiary/aromatic N) is 1. The highest BCUT2D eigenvalue weighted by Gasteiger charge is 2.39. The standard InChI is InChI=1S/C15H19N3O4/c1-8(19)16-11-4-2-3-9-10(11)7-18(15(9)22)12-5-6-13(20)17-14(12)21/h2-4,12-14,17,20-21H,5-7H2,1H3,(H,16,19). The summed E-state index contributed by atoms with van der Waals surface area (Å²) >= 11 is 0. The zero-order valence-corrected chi connectivity index (χ0v) is 12.2. The fourth-order valence-electron chi connectivity index (χ4n) is 3.13. The quantitative estimate of drug-likeness (QED) is 0.615. The maximum absolute atomic E-state index is 12.6. The molecule has 3 atom stereocenters. The molecule has 4 N–H and O–H groups in total. The Labute approximate surface area is 127 Å². The number of amides is 2. The molecule has 2 amide bonds. The molecule has 1 fully saturated rings. The fraction of sp³-hybridized carbons (Fsp3) is 0.467. The van der Waals surface area contributed by atoms with Crippen LogP contribution in [-0.4, -0.2) is 45.4 Å². The molecule has 2 aliphatic rings. The number of aliphatic hydroxyl groups is 2. The number of hydrogen-bond donors (Lipinski definition) is 4. The highest BCUT2D eigenvalue weighted by atomic mass is 16.3. The SMILES string of the molecule is CC(=O)Nc1cccc2c1CN(C1CCC(O)NC1O)C2=O. The van der Waals surface area contributed by atoms with Gasteiger partial charge in [-0.15, -0.1) is 0 Å². The Bertz CT molecular complexity index is 619. The molecule has 118 valence electrons. The minimum atomic E-state index is -0.966. The van der Waals surface area contributed by atoms with Gasteiger partial charge in [-0.3, -0.25) is 14.9 Å². The van der Waals surface area contributed by atoms with Crippen molar-refractivity contribution in [3.8, 4) is 0 Å². The number of rotatable bonds is 2. The first-order chi connectivity index (χ1) is 10.5. The first-order valence-electron chi connectivity index (χ1n) is 7.30. The summed E-state index contributed by atoms with van der Waals surface area (Å²) in [4.78, 5) is 25.4. The van der Waals surface area contributed by atoms with Gasteiger partial charge < -0.3 is 20.4 Å². The lowest BCUT2D eigenvalue weighted by atomic mass is 10.0. The Morgan fingerprint density at radius 1 is 1.36 bits per heavy atom. The van der Waals surface area contributed by atoms with E-state index in [4.69, 9.17) is 0 Å². The summed E-state index contributed by atoms with van der Waals surface area (Å²) < 4.78 is 0. The molecule has 22 heavy (non-hydrogen) atoms. The summed E-state index contributed by atoms with van der Waals surface area (Å²) in [6.45, 7) is 1.76. The lowest BCUT2D eigenvalue weighted by Crippen LogP contribution is -2.56. The van der Waals surface area contributed by atoms with Gasteiger partial charge >= 0.3 is 0 Å². The van der Waals surface area contributed by atoms with Crippen molar-refractivity contribution in [2.24, 2.45) is 0 Å². The second kappa shape index (κ2) is 5.68. The second-order valence-corrected chi connectivity index (χ2v) is 5.72. The van der Waals surface area contributed by atoms with Crippen LogP contribution in [0.3, 0.4) is 0 Å². The van der Waals surface area contributed by atoms with Gasteiger partial charge in [0.1, 0.15) is 12.5 Å². The van der Waals surface area contributed by atoms with Crippen molar-refractivity contribution in [1.82, 2.24) is 10.2 Å². The van der Waals surface area contributed by atoms with Gasteiger partial charge in [0.15, 0.2) is 0 Å². The Balaban J connectivity index is 1.86. The van der Waals surface area contributed by atoms with Crippen LogP contribution in [0.5, 0.6) is 0 Å². The molecule has 0 saturated carbocycles. The molecule has 0 bridgehead atoms. The normalized spacial score (nSPS) is 27.7. The summed E-state index contributed by atoms with van der Waals surface area (Å²) in [7, 11) is 0. The zero-order valence-electron chi connectivity index (χ0n) is 12.2. The average Bonchev–Trinajstić information content (AvgIpc) is 2.77. The average molecular weight is 305 g/mol. The van der Waals surface area contributed by atoms with E-state index in [1.54, 1.807) is 23.1 Å². The van der Waals surface area contributed by atoms with Crippen molar-refractivity contribution in [1.29, 1.82) is 0 Å². The maximum Gasteiger partial charge on any atom is 0.254 e. The van der Waals surface area contributed by atoms with Crippen LogP contribution in [0.1, 0.15) is 35.7 Å². The number of benzene rings is 1. The van der Waals surface area contributed by atoms with Crippen LogP contribution in [0, 0.1) is 0 Å². The van der Waals surface area contributed by atoms with Crippen LogP contribution in [-0.2, 0) is 11.3 Å². The number of fused-ring (bicyclic) bond motifs is 1. The lowest BCUT2D eigenvalue weighted by Gasteiger charge is -2.37. The third-order valence-corrected chi connectivity index (χ3v) is 4.17. The number of piperidine rings is 1. The number of nitrogens with one attached hydrogen (secondary N) is 2. The molecule has 3 unspecified atom stereocenters. The number of anilines is 1. The van der Waals surface area contributed by atoms with Crippen molar-refractivity contribution in [3.63, 3.8) is 0 Å². The number of hydrogen-bond acceptors (Lipinski definition) is 5. The number of aliphatic hydroxyl groups excluding tert-OH is 2. The molecule has 0 radical (unpaired) electrons. The van der Waals surface area contributed by atoms with Crippen molar-refractivity contribution >= 4 is 17.5 Å². The summed E-state index contributed by atoms with van der Waals surface area (Å²) in [6, 6.07) is 4.81. The molecule has 7 nitrogen and oxygen atoms in total. The Kier molecular flexibility index (Phi) is 3.86. The Morgan fingerprint density at radius 2 is 2.14 bits per heavy atom. The minimum absolute atomic E-state index is 0.163. The van der Waals surface area contributed by atoms with E-state index >= 15 is 0 Å². The molecule has 3 rings (SSSR count). The van der Waals surface area contributed by atoms with Crippen molar-refractivity contribution in [3.05, 3.63) is 29.3 Å². The van der Waals surface area contributed by atoms with Crippen molar-refractivity contribution in [2.45, 2.75) is 44.8 Å². The highest BCUT2D eigenvalue weighted by Crippen LogP contribution is 2.33. The molecule has 7 heteroatoms. The topological polar surface area (TPSA) is 102 Å². The molecule has 1 aromatic rings. The molecule has 0 spiro atoms. The molecule has 2 aliphatic heterocycles. The van der Waals surface area contributed by atoms with Gasteiger partial charge in [-0.25, -0.2) is 0 Å². The van der Waals surface area contributed by atoms with Crippen LogP contribution in [0.15, 0.2) is 18.2 Å². The molecule has 2 heterocycles. The highest BCUT2D eigenvalue weighted by molar-refractivity contribution is 6.02. The van der Waals surface area contributed by atoms with Gasteiger partial charge in [0.25, 0.3) is 5.91 Å². The van der Waals surface area contributed by atoms with Crippen molar-refractivity contribution < 1.29 is 19.8 Å². The number of carbonyl (C=O) groups is 2. The third kappa shape index (κ3) is 2.58. The van der Waals surface area contributed by atoms with E-state index in [0.717, 1.165) is 5.56 Å². The fourth-order valence-corrected chi connectivity index (χ4v) is 3.13. The Hall–Kier alpha value is -1.96. The molecular formula is C15H19N3O4. The van der Waals surface area contributed by atoms with E-state index in [2.05, 4.69) is 10.6 Å². The maximum atomic E-state index is 12.6. The molecule has 0 aromatic heterocycles. The van der Waals surface area contributed by atoms with Crippen LogP contribution in [0.2, 0.25) is 0 Å². The van der Waals surface area contributed by atoms with E-state index < -0.39 is 18.5 Å². The van der Waals surface area contributed by atoms with Gasteiger partial charge in [-0.1, -0.05) is 6.07 Å². The molecule has 1 saturated heterocycles. The summed E-state index contributed by atoms with van der Waals surface area (Å²) in [5, 5.41) is 25.0. The number of carbonyl (C=O) groups excluding carboxylic acids is 2. The molecule has 1 aromatic carbocycles. The van der Waals surface area contributed by atoms with Gasteiger partial charge in [0.2, 0.25) is 5.91 Å². The van der Waals surface area contributed by atoms with Crippen LogP contribution >= 0.6 is 0 Å². The van der Waals surface area contributed by atoms with E-state index in [1.807, 2.05) is 0 Å². The lowest BCUT2D eigenvalue weighted by molar-refractivity contribution is -0.114. The summed E-state index contributed by atoms with van der Waals surface area (Å²) in [6.07, 6.45) is -0.724. The predicted molar refractivity (Wildman–Crippen MR) is 78.8 cm³/mol. The minimum Gasteiger partial charge on any atom is -0.379 e. The van der Waals surface area contributed by atoms with Gasteiger partial charge in [0, 0.05) is 30.3 Å². The second-order valence-electron chi connectivity index (χ2n) is 5.72. The van der Waals surface area contributed by atoms with Gasteiger partial charge in [-0.2, -0.15) is 0 Å². The van der Waals surface area contributed by atoms with Gasteiger partial charge in [0.05, 0.1) is 6.04 Å². The van der Waals surface area contributed by atoms with Crippen molar-refractivity contribution in [2.75, 3.05) is 5.32 Å². The smallest absolute Gasteiger partial charge is 0.254 e. The predicted octanol–water partition coefficient (Wildman–Crippen LogP) is -0.0104. The first kappa shape index (κ1) is 15.0. The van der Waals surface area contributed by atoms with E-state index in [1.165, 1.54) is 6.92 Å². The molecule has 0 aliphatic carbocycles. The monoisotopic (exact) mass is 305 g/mol. The van der Waals surface area contributed by atoms with E-state index in [0.29, 0.717) is 30.6 Å². The Morgan fingerprint density at radius 3 is 2.82 bits per heavy atom. The van der Waals surface area contributed by atoms with Crippen LogP contribution in [0.25, 0.3) is 0 Å². The third-order valence-electron chi connectivity index (χ3n) is 4.17. The zero-order chi connectivity index (χ0) is 15.9. The van der Waals surface area contributed by atoms with E-state index in [9.17, 15) is 19.8 Å².